The Hall–Kier alpha value is -2.21. The molecule has 0 atom stereocenters. The average molecular weight is 382 g/mol. The van der Waals surface area contributed by atoms with Crippen molar-refractivity contribution in [3.05, 3.63) is 71.3 Å². The summed E-state index contributed by atoms with van der Waals surface area (Å²) in [5, 5.41) is 3.04. The Kier molecular flexibility index (Phi) is 8.03. The number of hydrogen-bond acceptors (Lipinski definition) is 4. The fraction of sp³-hybridized carbons (Fsp3) is 0.435. The number of rotatable bonds is 9. The molecule has 0 aliphatic carbocycles. The average Bonchev–Trinajstić information content (AvgIpc) is 2.73. The second-order valence-electron chi connectivity index (χ2n) is 7.38. The van der Waals surface area contributed by atoms with Crippen LogP contribution in [0.25, 0.3) is 0 Å². The van der Waals surface area contributed by atoms with Crippen molar-refractivity contribution in [3.8, 4) is 0 Å². The summed E-state index contributed by atoms with van der Waals surface area (Å²) >= 11 is 0. The number of piperazine rings is 1. The Morgan fingerprint density at radius 2 is 1.61 bits per heavy atom. The van der Waals surface area contributed by atoms with E-state index in [-0.39, 0.29) is 5.91 Å². The predicted molar refractivity (Wildman–Crippen MR) is 112 cm³/mol. The second kappa shape index (κ2) is 11.0. The molecule has 1 fully saturated rings. The summed E-state index contributed by atoms with van der Waals surface area (Å²) in [5.74, 6) is 0.0925. The van der Waals surface area contributed by atoms with Crippen molar-refractivity contribution in [2.24, 2.45) is 0 Å². The number of nitrogens with zero attached hydrogens (tertiary/aromatic N) is 2. The molecule has 5 nitrogen and oxygen atoms in total. The highest BCUT2D eigenvalue weighted by Gasteiger charge is 2.18. The van der Waals surface area contributed by atoms with Crippen LogP contribution in [0.15, 0.2) is 54.6 Å². The number of carbonyl (C=O) groups is 1. The van der Waals surface area contributed by atoms with Crippen LogP contribution < -0.4 is 5.32 Å². The van der Waals surface area contributed by atoms with E-state index in [9.17, 15) is 4.79 Å². The standard InChI is InChI=1S/C23H31N3O2/c1-28-19-22-9-5-8-21(16-22)17-24-23(27)18-26-14-12-25(13-15-26)11-10-20-6-3-2-4-7-20/h2-9,16H,10-15,17-19H2,1H3,(H,24,27). The highest BCUT2D eigenvalue weighted by atomic mass is 16.5. The smallest absolute Gasteiger partial charge is 0.234 e. The molecule has 0 aromatic heterocycles. The Labute approximate surface area is 168 Å². The minimum absolute atomic E-state index is 0.0925. The zero-order valence-electron chi connectivity index (χ0n) is 16.8. The lowest BCUT2D eigenvalue weighted by atomic mass is 10.1. The van der Waals surface area contributed by atoms with Crippen LogP contribution in [0.5, 0.6) is 0 Å². The van der Waals surface area contributed by atoms with Crippen LogP contribution in [0.3, 0.4) is 0 Å². The molecule has 2 aromatic carbocycles. The summed E-state index contributed by atoms with van der Waals surface area (Å²) in [6.45, 7) is 6.67. The molecule has 1 aliphatic heterocycles. The van der Waals surface area contributed by atoms with E-state index in [1.807, 2.05) is 18.2 Å². The van der Waals surface area contributed by atoms with Crippen LogP contribution >= 0.6 is 0 Å². The molecule has 150 valence electrons. The van der Waals surface area contributed by atoms with E-state index < -0.39 is 0 Å². The molecule has 0 unspecified atom stereocenters. The van der Waals surface area contributed by atoms with E-state index in [2.05, 4.69) is 51.5 Å². The first-order valence-corrected chi connectivity index (χ1v) is 10.0. The Balaban J connectivity index is 1.34. The number of methoxy groups -OCH3 is 1. The van der Waals surface area contributed by atoms with Crippen LogP contribution in [0.2, 0.25) is 0 Å². The first kappa shape index (κ1) is 20.5. The van der Waals surface area contributed by atoms with E-state index >= 15 is 0 Å². The number of carbonyl (C=O) groups excluding carboxylic acids is 1. The van der Waals surface area contributed by atoms with Gasteiger partial charge in [0.15, 0.2) is 0 Å². The Morgan fingerprint density at radius 3 is 2.36 bits per heavy atom. The minimum Gasteiger partial charge on any atom is -0.380 e. The summed E-state index contributed by atoms with van der Waals surface area (Å²) in [4.78, 5) is 17.0. The highest BCUT2D eigenvalue weighted by Crippen LogP contribution is 2.07. The van der Waals surface area contributed by atoms with Gasteiger partial charge in [-0.25, -0.2) is 0 Å². The number of ether oxygens (including phenoxy) is 1. The van der Waals surface area contributed by atoms with E-state index in [1.165, 1.54) is 5.56 Å². The van der Waals surface area contributed by atoms with E-state index in [0.717, 1.165) is 50.3 Å². The van der Waals surface area contributed by atoms with Crippen molar-refractivity contribution in [2.45, 2.75) is 19.6 Å². The van der Waals surface area contributed by atoms with E-state index in [4.69, 9.17) is 4.74 Å². The van der Waals surface area contributed by atoms with Gasteiger partial charge >= 0.3 is 0 Å². The number of nitrogens with one attached hydrogen (secondary N) is 1. The summed E-state index contributed by atoms with van der Waals surface area (Å²) < 4.78 is 5.16. The molecule has 3 rings (SSSR count). The van der Waals surface area contributed by atoms with Crippen LogP contribution in [0, 0.1) is 0 Å². The molecular weight excluding hydrogens is 350 g/mol. The Bertz CT molecular complexity index is 728. The predicted octanol–water partition coefficient (Wildman–Crippen LogP) is 2.31. The third-order valence-electron chi connectivity index (χ3n) is 5.18. The SMILES string of the molecule is COCc1cccc(CNC(=O)CN2CCN(CCc3ccccc3)CC2)c1. The van der Waals surface area contributed by atoms with Crippen molar-refractivity contribution in [1.29, 1.82) is 0 Å². The first-order chi connectivity index (χ1) is 13.7. The maximum atomic E-state index is 12.3. The molecule has 1 aliphatic rings. The Morgan fingerprint density at radius 1 is 0.929 bits per heavy atom. The van der Waals surface area contributed by atoms with Gasteiger partial charge in [0, 0.05) is 46.4 Å². The monoisotopic (exact) mass is 381 g/mol. The fourth-order valence-corrected chi connectivity index (χ4v) is 3.56. The zero-order valence-corrected chi connectivity index (χ0v) is 16.8. The minimum atomic E-state index is 0.0925. The number of hydrogen-bond donors (Lipinski definition) is 1. The lowest BCUT2D eigenvalue weighted by molar-refractivity contribution is -0.122. The van der Waals surface area contributed by atoms with Crippen LogP contribution in [-0.4, -0.2) is 62.1 Å². The summed E-state index contributed by atoms with van der Waals surface area (Å²) in [7, 11) is 1.69. The molecule has 0 spiro atoms. The molecule has 0 bridgehead atoms. The summed E-state index contributed by atoms with van der Waals surface area (Å²) in [6.07, 6.45) is 1.09. The molecule has 1 N–H and O–H groups in total. The second-order valence-corrected chi connectivity index (χ2v) is 7.38. The van der Waals surface area contributed by atoms with Gasteiger partial charge < -0.3 is 15.0 Å². The molecule has 0 radical (unpaired) electrons. The van der Waals surface area contributed by atoms with Gasteiger partial charge in [0.2, 0.25) is 5.91 Å². The van der Waals surface area contributed by atoms with Gasteiger partial charge in [-0.3, -0.25) is 9.69 Å². The van der Waals surface area contributed by atoms with Gasteiger partial charge in [0.05, 0.1) is 13.2 Å². The molecule has 1 heterocycles. The van der Waals surface area contributed by atoms with Gasteiger partial charge in [-0.2, -0.15) is 0 Å². The zero-order chi connectivity index (χ0) is 19.6. The van der Waals surface area contributed by atoms with E-state index in [0.29, 0.717) is 19.7 Å². The van der Waals surface area contributed by atoms with Crippen LogP contribution in [0.1, 0.15) is 16.7 Å². The molecule has 5 heteroatoms. The van der Waals surface area contributed by atoms with Crippen molar-refractivity contribution < 1.29 is 9.53 Å². The topological polar surface area (TPSA) is 44.8 Å². The molecule has 28 heavy (non-hydrogen) atoms. The largest absolute Gasteiger partial charge is 0.380 e. The summed E-state index contributed by atoms with van der Waals surface area (Å²) in [5.41, 5.74) is 3.62. The maximum absolute atomic E-state index is 12.3. The first-order valence-electron chi connectivity index (χ1n) is 10.0. The van der Waals surface area contributed by atoms with Crippen molar-refractivity contribution in [1.82, 2.24) is 15.1 Å². The maximum Gasteiger partial charge on any atom is 0.234 e. The third kappa shape index (κ3) is 6.75. The van der Waals surface area contributed by atoms with Gasteiger partial charge in [-0.05, 0) is 23.1 Å². The lowest BCUT2D eigenvalue weighted by Gasteiger charge is -2.34. The lowest BCUT2D eigenvalue weighted by Crippen LogP contribution is -2.49. The van der Waals surface area contributed by atoms with Gasteiger partial charge in [-0.15, -0.1) is 0 Å². The van der Waals surface area contributed by atoms with Gasteiger partial charge in [0.25, 0.3) is 0 Å². The molecule has 0 saturated carbocycles. The number of benzene rings is 2. The molecule has 2 aromatic rings. The van der Waals surface area contributed by atoms with Crippen molar-refractivity contribution in [2.75, 3.05) is 46.4 Å². The fourth-order valence-electron chi connectivity index (χ4n) is 3.56. The van der Waals surface area contributed by atoms with Crippen LogP contribution in [-0.2, 0) is 29.1 Å². The van der Waals surface area contributed by atoms with Crippen molar-refractivity contribution >= 4 is 5.91 Å². The highest BCUT2D eigenvalue weighted by molar-refractivity contribution is 5.78. The molecule has 1 saturated heterocycles. The quantitative estimate of drug-likeness (QED) is 0.724. The molecule has 1 amide bonds. The third-order valence-corrected chi connectivity index (χ3v) is 5.18. The van der Waals surface area contributed by atoms with Gasteiger partial charge in [0.1, 0.15) is 0 Å². The molecular formula is C23H31N3O2. The summed E-state index contributed by atoms with van der Waals surface area (Å²) in [6, 6.07) is 18.8. The van der Waals surface area contributed by atoms with Crippen LogP contribution in [0.4, 0.5) is 0 Å². The van der Waals surface area contributed by atoms with E-state index in [1.54, 1.807) is 7.11 Å². The van der Waals surface area contributed by atoms with Gasteiger partial charge in [-0.1, -0.05) is 54.6 Å². The number of amides is 1. The van der Waals surface area contributed by atoms with Crippen molar-refractivity contribution in [3.63, 3.8) is 0 Å². The normalized spacial score (nSPS) is 15.5.